The van der Waals surface area contributed by atoms with Crippen molar-refractivity contribution in [2.24, 2.45) is 0 Å². The molecule has 11 heteroatoms. The molecule has 0 fully saturated rings. The second-order valence-corrected chi connectivity index (χ2v) is 10.7. The average molecular weight is 677 g/mol. The van der Waals surface area contributed by atoms with Crippen molar-refractivity contribution < 1.29 is 24.8 Å². The molecule has 1 heterocycles. The lowest BCUT2D eigenvalue weighted by Crippen LogP contribution is -2.25. The van der Waals surface area contributed by atoms with Crippen LogP contribution < -0.4 is 9.47 Å². The van der Waals surface area contributed by atoms with Gasteiger partial charge in [-0.05, 0) is 73.9 Å². The lowest BCUT2D eigenvalue weighted by molar-refractivity contribution is 0.0881. The lowest BCUT2D eigenvalue weighted by Gasteiger charge is -2.27. The molecule has 0 aliphatic rings. The Bertz CT molecular complexity index is 1110. The Morgan fingerprint density at radius 3 is 2.31 bits per heavy atom. The topological polar surface area (TPSA) is 110 Å². The quantitative estimate of drug-likeness (QED) is 0.197. The van der Waals surface area contributed by atoms with Crippen molar-refractivity contribution in [3.05, 3.63) is 67.5 Å². The minimum Gasteiger partial charge on any atom is -0.491 e. The number of hydrogen-bond donors (Lipinski definition) is 3. The fourth-order valence-electron chi connectivity index (χ4n) is 3.37. The van der Waals surface area contributed by atoms with Gasteiger partial charge in [-0.15, -0.1) is 16.7 Å². The van der Waals surface area contributed by atoms with Gasteiger partial charge in [0.1, 0.15) is 46.3 Å². The number of aromatic nitrogens is 3. The van der Waals surface area contributed by atoms with Crippen molar-refractivity contribution >= 4 is 50.1 Å². The summed E-state index contributed by atoms with van der Waals surface area (Å²) < 4.78 is 14.4. The highest BCUT2D eigenvalue weighted by atomic mass is 123. The van der Waals surface area contributed by atoms with Crippen molar-refractivity contribution in [3.63, 3.8) is 0 Å². The van der Waals surface area contributed by atoms with Crippen LogP contribution in [-0.4, -0.2) is 61.6 Å². The second kappa shape index (κ2) is 12.7. The highest BCUT2D eigenvalue weighted by molar-refractivity contribution is 14.1. The smallest absolute Gasteiger partial charge is 0.133 e. The Morgan fingerprint density at radius 1 is 1.06 bits per heavy atom. The van der Waals surface area contributed by atoms with E-state index < -0.39 is 12.2 Å². The first-order chi connectivity index (χ1) is 16.6. The maximum absolute atomic E-state index is 10.3. The maximum Gasteiger partial charge on any atom is 0.133 e. The second-order valence-electron chi connectivity index (χ2n) is 8.55. The van der Waals surface area contributed by atoms with Gasteiger partial charge in [-0.25, -0.2) is 4.68 Å². The van der Waals surface area contributed by atoms with Crippen LogP contribution in [0.1, 0.15) is 30.7 Å². The summed E-state index contributed by atoms with van der Waals surface area (Å²) >= 11 is 11.2. The zero-order chi connectivity index (χ0) is 25.6. The summed E-state index contributed by atoms with van der Waals surface area (Å²) in [4.78, 5) is 0. The van der Waals surface area contributed by atoms with E-state index in [9.17, 15) is 15.3 Å². The molecule has 190 valence electrons. The monoisotopic (exact) mass is 675 g/mol. The molecule has 0 saturated heterocycles. The van der Waals surface area contributed by atoms with Gasteiger partial charge in [0.15, 0.2) is 0 Å². The predicted molar refractivity (Wildman–Crippen MR) is 145 cm³/mol. The lowest BCUT2D eigenvalue weighted by atomic mass is 9.78. The highest BCUT2D eigenvalue weighted by Crippen LogP contribution is 2.36. The van der Waals surface area contributed by atoms with Crippen LogP contribution in [0.25, 0.3) is 0 Å². The molecule has 3 aromatic rings. The van der Waals surface area contributed by atoms with Crippen molar-refractivity contribution in [1.29, 1.82) is 0 Å². The van der Waals surface area contributed by atoms with E-state index in [1.165, 1.54) is 0 Å². The predicted octanol–water partition coefficient (Wildman–Crippen LogP) is 3.88. The van der Waals surface area contributed by atoms with Crippen molar-refractivity contribution in [3.8, 4) is 11.5 Å². The molecular formula is C24H28BrClIN3O5. The molecule has 3 rings (SSSR count). The van der Waals surface area contributed by atoms with Gasteiger partial charge >= 0.3 is 0 Å². The third-order valence-corrected chi connectivity index (χ3v) is 7.71. The number of aliphatic hydroxyl groups is 3. The molecule has 0 radical (unpaired) electrons. The largest absolute Gasteiger partial charge is 0.491 e. The number of hydrogen-bond acceptors (Lipinski definition) is 7. The molecule has 3 N–H and O–H groups in total. The van der Waals surface area contributed by atoms with Crippen molar-refractivity contribution in [1.82, 2.24) is 15.0 Å². The Labute approximate surface area is 231 Å². The van der Waals surface area contributed by atoms with Crippen molar-refractivity contribution in [2.75, 3.05) is 19.1 Å². The summed E-state index contributed by atoms with van der Waals surface area (Å²) in [6.07, 6.45) is -1.50. The molecule has 2 aromatic carbocycles. The van der Waals surface area contributed by atoms with E-state index in [-0.39, 0.29) is 37.7 Å². The van der Waals surface area contributed by atoms with Gasteiger partial charge in [-0.2, -0.15) is 0 Å². The van der Waals surface area contributed by atoms with Gasteiger partial charge in [0, 0.05) is 5.41 Å². The standard InChI is InChI=1S/C24H28BrClIN3O5/c1-24(2,16-5-8-22(20(25)9-16)35-13-17(32)10-26)15-3-6-19(7-4-15)34-14-18(33)11-30-23(27)21(12-31)28-29-30/h3-9,17-18,31-33H,10-14H2,1-2H3/t17-,18+/m1/s1/i27-4. The average Bonchev–Trinajstić information content (AvgIpc) is 3.20. The third kappa shape index (κ3) is 7.30. The molecule has 0 saturated carbocycles. The molecule has 0 bridgehead atoms. The molecule has 0 unspecified atom stereocenters. The van der Waals surface area contributed by atoms with E-state index in [0.717, 1.165) is 15.6 Å². The van der Waals surface area contributed by atoms with Crippen LogP contribution >= 0.6 is 50.1 Å². The van der Waals surface area contributed by atoms with Crippen LogP contribution in [0.15, 0.2) is 46.9 Å². The fourth-order valence-corrected chi connectivity index (χ4v) is 4.52. The van der Waals surface area contributed by atoms with Gasteiger partial charge in [0.25, 0.3) is 0 Å². The van der Waals surface area contributed by atoms with E-state index in [4.69, 9.17) is 21.1 Å². The van der Waals surface area contributed by atoms with Crippen molar-refractivity contribution in [2.45, 2.75) is 44.6 Å². The van der Waals surface area contributed by atoms with Crippen LogP contribution in [0.3, 0.4) is 0 Å². The van der Waals surface area contributed by atoms with Gasteiger partial charge < -0.3 is 24.8 Å². The molecule has 1 aromatic heterocycles. The molecule has 35 heavy (non-hydrogen) atoms. The van der Waals surface area contributed by atoms with Gasteiger partial charge in [0.05, 0.1) is 23.5 Å². The minimum atomic E-state index is -0.781. The maximum atomic E-state index is 10.3. The van der Waals surface area contributed by atoms with E-state index in [1.54, 1.807) is 4.68 Å². The van der Waals surface area contributed by atoms with E-state index in [0.29, 0.717) is 20.9 Å². The first-order valence-electron chi connectivity index (χ1n) is 10.9. The third-order valence-electron chi connectivity index (χ3n) is 5.55. The van der Waals surface area contributed by atoms with Gasteiger partial charge in [0.2, 0.25) is 0 Å². The molecule has 0 aliphatic heterocycles. The zero-order valence-electron chi connectivity index (χ0n) is 19.4. The first kappa shape index (κ1) is 28.1. The van der Waals surface area contributed by atoms with E-state index in [1.807, 2.05) is 65.1 Å². The number of alkyl halides is 1. The summed E-state index contributed by atoms with van der Waals surface area (Å²) in [5, 5.41) is 37.0. The summed E-state index contributed by atoms with van der Waals surface area (Å²) in [5.74, 6) is 1.41. The molecule has 8 nitrogen and oxygen atoms in total. The fraction of sp³-hybridized carbons (Fsp3) is 0.417. The number of benzene rings is 2. The Kier molecular flexibility index (Phi) is 10.2. The molecule has 2 atom stereocenters. The summed E-state index contributed by atoms with van der Waals surface area (Å²) in [6, 6.07) is 13.7. The van der Waals surface area contributed by atoms with Crippen LogP contribution in [0, 0.1) is 3.70 Å². The molecule has 0 spiro atoms. The summed E-state index contributed by atoms with van der Waals surface area (Å²) in [5.41, 5.74) is 2.38. The van der Waals surface area contributed by atoms with Gasteiger partial charge in [-0.3, -0.25) is 0 Å². The van der Waals surface area contributed by atoms with Crippen LogP contribution in [0.4, 0.5) is 0 Å². The van der Waals surface area contributed by atoms with Gasteiger partial charge in [-0.1, -0.05) is 37.3 Å². The number of aliphatic hydroxyl groups excluding tert-OH is 3. The summed E-state index contributed by atoms with van der Waals surface area (Å²) in [7, 11) is 0. The van der Waals surface area contributed by atoms with Crippen LogP contribution in [0.2, 0.25) is 0 Å². The van der Waals surface area contributed by atoms with E-state index in [2.05, 4.69) is 40.1 Å². The SMILES string of the molecule is CC(C)(c1ccc(OC[C@@H](O)Cn2nnc(CO)c2[123I])cc1)c1ccc(OC[C@H](O)CCl)c(Br)c1. The molecular weight excluding hydrogens is 649 g/mol. The number of ether oxygens (including phenoxy) is 2. The molecule has 0 amide bonds. The molecule has 0 aliphatic carbocycles. The van der Waals surface area contributed by atoms with Crippen LogP contribution in [0.5, 0.6) is 11.5 Å². The number of halogens is 3. The highest BCUT2D eigenvalue weighted by Gasteiger charge is 2.24. The Hall–Kier alpha value is -1.44. The first-order valence-corrected chi connectivity index (χ1v) is 13.3. The normalized spacial score (nSPS) is 13.5. The minimum absolute atomic E-state index is 0.0972. The number of rotatable bonds is 12. The Balaban J connectivity index is 1.60. The summed E-state index contributed by atoms with van der Waals surface area (Å²) in [6.45, 7) is 4.51. The number of nitrogens with zero attached hydrogens (tertiary/aromatic N) is 3. The zero-order valence-corrected chi connectivity index (χ0v) is 23.9. The Morgan fingerprint density at radius 2 is 1.71 bits per heavy atom. The van der Waals surface area contributed by atoms with E-state index >= 15 is 0 Å². The van der Waals surface area contributed by atoms with Crippen LogP contribution in [-0.2, 0) is 18.6 Å².